The average molecular weight is 396 g/mol. The van der Waals surface area contributed by atoms with Crippen molar-refractivity contribution in [3.05, 3.63) is 73.8 Å². The van der Waals surface area contributed by atoms with E-state index < -0.39 is 10.8 Å². The van der Waals surface area contributed by atoms with Crippen molar-refractivity contribution < 1.29 is 14.5 Å². The van der Waals surface area contributed by atoms with E-state index in [4.69, 9.17) is 23.2 Å². The molecule has 0 bridgehead atoms. The van der Waals surface area contributed by atoms with Crippen molar-refractivity contribution in [1.29, 1.82) is 0 Å². The van der Waals surface area contributed by atoms with Gasteiger partial charge >= 0.3 is 0 Å². The van der Waals surface area contributed by atoms with Crippen molar-refractivity contribution in [3.8, 4) is 0 Å². The van der Waals surface area contributed by atoms with Gasteiger partial charge in [0.25, 0.3) is 11.6 Å². The second-order valence-electron chi connectivity index (χ2n) is 5.33. The maximum absolute atomic E-state index is 12.0. The van der Waals surface area contributed by atoms with Crippen LogP contribution in [0.3, 0.4) is 0 Å². The fourth-order valence-corrected chi connectivity index (χ4v) is 2.65. The lowest BCUT2D eigenvalue weighted by molar-refractivity contribution is -0.384. The molecule has 0 atom stereocenters. The van der Waals surface area contributed by atoms with E-state index in [0.29, 0.717) is 23.0 Å². The monoisotopic (exact) mass is 395 g/mol. The Morgan fingerprint density at radius 1 is 1.08 bits per heavy atom. The molecule has 2 rings (SSSR count). The molecule has 7 nitrogen and oxygen atoms in total. The minimum Gasteiger partial charge on any atom is -0.354 e. The van der Waals surface area contributed by atoms with Crippen LogP contribution in [0.1, 0.15) is 15.9 Å². The van der Waals surface area contributed by atoms with Gasteiger partial charge in [-0.25, -0.2) is 0 Å². The molecule has 0 spiro atoms. The summed E-state index contributed by atoms with van der Waals surface area (Å²) >= 11 is 11.9. The average Bonchev–Trinajstić information content (AvgIpc) is 2.61. The first-order valence-corrected chi connectivity index (χ1v) is 8.35. The lowest BCUT2D eigenvalue weighted by Crippen LogP contribution is -2.37. The van der Waals surface area contributed by atoms with Crippen LogP contribution >= 0.6 is 23.2 Å². The molecule has 0 saturated carbocycles. The van der Waals surface area contributed by atoms with Crippen LogP contribution < -0.4 is 10.6 Å². The number of benzene rings is 2. The number of non-ortho nitro benzene ring substituents is 1. The highest BCUT2D eigenvalue weighted by Crippen LogP contribution is 2.21. The lowest BCUT2D eigenvalue weighted by Gasteiger charge is -2.08. The summed E-state index contributed by atoms with van der Waals surface area (Å²) in [6, 6.07) is 10.4. The predicted molar refractivity (Wildman–Crippen MR) is 98.6 cm³/mol. The zero-order valence-electron chi connectivity index (χ0n) is 13.5. The normalized spacial score (nSPS) is 10.2. The van der Waals surface area contributed by atoms with Crippen LogP contribution in [-0.2, 0) is 11.2 Å². The number of amides is 2. The first-order valence-electron chi connectivity index (χ1n) is 7.60. The molecule has 0 radical (unpaired) electrons. The van der Waals surface area contributed by atoms with E-state index in [-0.39, 0.29) is 23.7 Å². The Balaban J connectivity index is 1.78. The number of nitro groups is 1. The standard InChI is InChI=1S/C17H15Cl2N3O4/c18-13-5-4-11(15(19)9-13)6-7-20-16(23)10-21-17(24)12-2-1-3-14(8-12)22(25)26/h1-5,8-9H,6-7,10H2,(H,20,23)(H,21,24). The van der Waals surface area contributed by atoms with Crippen molar-refractivity contribution >= 4 is 40.7 Å². The van der Waals surface area contributed by atoms with Gasteiger partial charge < -0.3 is 10.6 Å². The van der Waals surface area contributed by atoms with E-state index in [1.807, 2.05) is 0 Å². The number of nitrogens with one attached hydrogen (secondary N) is 2. The van der Waals surface area contributed by atoms with Crippen molar-refractivity contribution in [2.45, 2.75) is 6.42 Å². The Morgan fingerprint density at radius 3 is 2.54 bits per heavy atom. The summed E-state index contributed by atoms with van der Waals surface area (Å²) in [4.78, 5) is 33.9. The number of hydrogen-bond donors (Lipinski definition) is 2. The predicted octanol–water partition coefficient (Wildman–Crippen LogP) is 2.99. The highest BCUT2D eigenvalue weighted by Gasteiger charge is 2.12. The van der Waals surface area contributed by atoms with Crippen LogP contribution in [0.25, 0.3) is 0 Å². The third-order valence-electron chi connectivity index (χ3n) is 3.46. The van der Waals surface area contributed by atoms with Crippen molar-refractivity contribution in [3.63, 3.8) is 0 Å². The Labute approximate surface area is 159 Å². The van der Waals surface area contributed by atoms with Crippen LogP contribution in [0, 0.1) is 10.1 Å². The fraction of sp³-hybridized carbons (Fsp3) is 0.176. The quantitative estimate of drug-likeness (QED) is 0.555. The fourth-order valence-electron chi connectivity index (χ4n) is 2.15. The molecule has 9 heteroatoms. The second-order valence-corrected chi connectivity index (χ2v) is 6.17. The van der Waals surface area contributed by atoms with Crippen LogP contribution in [0.5, 0.6) is 0 Å². The summed E-state index contributed by atoms with van der Waals surface area (Å²) in [6.07, 6.45) is 0.514. The molecule has 0 saturated heterocycles. The number of carbonyl (C=O) groups excluding carboxylic acids is 2. The third kappa shape index (κ3) is 5.72. The number of nitro benzene ring substituents is 1. The zero-order chi connectivity index (χ0) is 19.1. The third-order valence-corrected chi connectivity index (χ3v) is 4.05. The SMILES string of the molecule is O=C(CNC(=O)c1cccc([N+](=O)[O-])c1)NCCc1ccc(Cl)cc1Cl. The Bertz CT molecular complexity index is 843. The molecule has 0 aliphatic rings. The van der Waals surface area contributed by atoms with Crippen LogP contribution in [0.15, 0.2) is 42.5 Å². The number of nitrogens with zero attached hydrogens (tertiary/aromatic N) is 1. The van der Waals surface area contributed by atoms with Crippen LogP contribution in [0.2, 0.25) is 10.0 Å². The molecule has 2 N–H and O–H groups in total. The number of halogens is 2. The first kappa shape index (κ1) is 19.7. The van der Waals surface area contributed by atoms with E-state index in [9.17, 15) is 19.7 Å². The van der Waals surface area contributed by atoms with E-state index in [1.54, 1.807) is 18.2 Å². The first-order chi connectivity index (χ1) is 12.4. The molecule has 0 fully saturated rings. The molecule has 136 valence electrons. The van der Waals surface area contributed by atoms with E-state index >= 15 is 0 Å². The number of rotatable bonds is 7. The van der Waals surface area contributed by atoms with Crippen LogP contribution in [0.4, 0.5) is 5.69 Å². The molecule has 26 heavy (non-hydrogen) atoms. The van der Waals surface area contributed by atoms with Crippen molar-refractivity contribution in [1.82, 2.24) is 10.6 Å². The van der Waals surface area contributed by atoms with Gasteiger partial charge in [0, 0.05) is 34.3 Å². The van der Waals surface area contributed by atoms with Crippen molar-refractivity contribution in [2.75, 3.05) is 13.1 Å². The molecule has 0 aromatic heterocycles. The highest BCUT2D eigenvalue weighted by atomic mass is 35.5. The van der Waals surface area contributed by atoms with Gasteiger partial charge in [-0.15, -0.1) is 0 Å². The van der Waals surface area contributed by atoms with E-state index in [1.165, 1.54) is 18.2 Å². The number of hydrogen-bond acceptors (Lipinski definition) is 4. The number of carbonyl (C=O) groups is 2. The molecule has 0 aliphatic heterocycles. The summed E-state index contributed by atoms with van der Waals surface area (Å²) in [5.74, 6) is -0.946. The van der Waals surface area contributed by atoms with Gasteiger partial charge in [-0.3, -0.25) is 19.7 Å². The summed E-state index contributed by atoms with van der Waals surface area (Å²) < 4.78 is 0. The smallest absolute Gasteiger partial charge is 0.270 e. The summed E-state index contributed by atoms with van der Waals surface area (Å²) in [5.41, 5.74) is 0.763. The molecule has 0 heterocycles. The Kier molecular flexibility index (Phi) is 6.94. The summed E-state index contributed by atoms with van der Waals surface area (Å²) in [6.45, 7) is 0.0999. The summed E-state index contributed by atoms with van der Waals surface area (Å²) in [5, 5.41) is 16.8. The highest BCUT2D eigenvalue weighted by molar-refractivity contribution is 6.35. The van der Waals surface area contributed by atoms with Gasteiger partial charge in [0.2, 0.25) is 5.91 Å². The lowest BCUT2D eigenvalue weighted by atomic mass is 10.1. The topological polar surface area (TPSA) is 101 Å². The van der Waals surface area contributed by atoms with Gasteiger partial charge in [0.05, 0.1) is 11.5 Å². The van der Waals surface area contributed by atoms with Gasteiger partial charge in [-0.1, -0.05) is 35.3 Å². The van der Waals surface area contributed by atoms with Gasteiger partial charge in [0.15, 0.2) is 0 Å². The minimum atomic E-state index is -0.592. The molecule has 2 amide bonds. The molecule has 2 aromatic carbocycles. The molecule has 2 aromatic rings. The van der Waals surface area contributed by atoms with Gasteiger partial charge in [0.1, 0.15) is 0 Å². The van der Waals surface area contributed by atoms with Gasteiger partial charge in [-0.2, -0.15) is 0 Å². The Hall–Kier alpha value is -2.64. The maximum Gasteiger partial charge on any atom is 0.270 e. The molecular formula is C17H15Cl2N3O4. The largest absolute Gasteiger partial charge is 0.354 e. The molecule has 0 unspecified atom stereocenters. The second kappa shape index (κ2) is 9.17. The molecular weight excluding hydrogens is 381 g/mol. The Morgan fingerprint density at radius 2 is 1.85 bits per heavy atom. The van der Waals surface area contributed by atoms with E-state index in [0.717, 1.165) is 11.6 Å². The van der Waals surface area contributed by atoms with Gasteiger partial charge in [-0.05, 0) is 30.2 Å². The minimum absolute atomic E-state index is 0.111. The van der Waals surface area contributed by atoms with Crippen molar-refractivity contribution in [2.24, 2.45) is 0 Å². The van der Waals surface area contributed by atoms with Crippen LogP contribution in [-0.4, -0.2) is 29.8 Å². The zero-order valence-corrected chi connectivity index (χ0v) is 15.0. The maximum atomic E-state index is 12.0. The van der Waals surface area contributed by atoms with E-state index in [2.05, 4.69) is 10.6 Å². The summed E-state index contributed by atoms with van der Waals surface area (Å²) in [7, 11) is 0. The molecule has 0 aliphatic carbocycles.